The molecule has 23 heavy (non-hydrogen) atoms. The molecule has 0 radical (unpaired) electrons. The maximum atomic E-state index is 13.6. The van der Waals surface area contributed by atoms with Crippen LogP contribution in [0.1, 0.15) is 29.3 Å². The summed E-state index contributed by atoms with van der Waals surface area (Å²) in [5, 5.41) is 6.17. The Hall–Kier alpha value is -1.79. The largest absolute Gasteiger partial charge is 0.386 e. The summed E-state index contributed by atoms with van der Waals surface area (Å²) in [6.45, 7) is 3.98. The van der Waals surface area contributed by atoms with Crippen LogP contribution in [0, 0.1) is 18.6 Å². The smallest absolute Gasteiger partial charge is 0.163 e. The van der Waals surface area contributed by atoms with E-state index in [0.29, 0.717) is 6.42 Å². The van der Waals surface area contributed by atoms with E-state index in [4.69, 9.17) is 9.57 Å². The van der Waals surface area contributed by atoms with Crippen LogP contribution in [0.15, 0.2) is 34.8 Å². The molecule has 0 N–H and O–H groups in total. The Labute approximate surface area is 137 Å². The summed E-state index contributed by atoms with van der Waals surface area (Å²) in [5.74, 6) is -1.21. The highest BCUT2D eigenvalue weighted by molar-refractivity contribution is 7.12. The second-order valence-electron chi connectivity index (χ2n) is 5.88. The Morgan fingerprint density at radius 1 is 1.30 bits per heavy atom. The molecule has 3 rings (SSSR count). The van der Waals surface area contributed by atoms with Gasteiger partial charge < -0.3 is 9.57 Å². The maximum Gasteiger partial charge on any atom is 0.163 e. The zero-order valence-corrected chi connectivity index (χ0v) is 13.8. The second kappa shape index (κ2) is 6.37. The summed E-state index contributed by atoms with van der Waals surface area (Å²) in [6, 6.07) is 5.81. The van der Waals surface area contributed by atoms with Crippen molar-refractivity contribution in [2.75, 3.05) is 6.61 Å². The van der Waals surface area contributed by atoms with Crippen LogP contribution in [0.4, 0.5) is 8.78 Å². The van der Waals surface area contributed by atoms with Gasteiger partial charge in [0.2, 0.25) is 0 Å². The summed E-state index contributed by atoms with van der Waals surface area (Å²) in [4.78, 5) is 6.62. The number of thiophene rings is 1. The van der Waals surface area contributed by atoms with E-state index < -0.39 is 17.2 Å². The molecule has 122 valence electrons. The summed E-state index contributed by atoms with van der Waals surface area (Å²) in [5.41, 5.74) is 1.37. The predicted octanol–water partition coefficient (Wildman–Crippen LogP) is 4.43. The van der Waals surface area contributed by atoms with Gasteiger partial charge >= 0.3 is 0 Å². The van der Waals surface area contributed by atoms with E-state index in [0.717, 1.165) is 16.2 Å². The number of benzene rings is 1. The third-order valence-electron chi connectivity index (χ3n) is 3.76. The average molecular weight is 337 g/mol. The van der Waals surface area contributed by atoms with Crippen LogP contribution in [0.3, 0.4) is 0 Å². The van der Waals surface area contributed by atoms with Gasteiger partial charge in [-0.3, -0.25) is 0 Å². The first-order valence-corrected chi connectivity index (χ1v) is 8.17. The molecule has 0 bridgehead atoms. The Morgan fingerprint density at radius 2 is 2.04 bits per heavy atom. The molecule has 0 spiro atoms. The van der Waals surface area contributed by atoms with Crippen LogP contribution in [0.5, 0.6) is 0 Å². The van der Waals surface area contributed by atoms with Crippen LogP contribution < -0.4 is 0 Å². The number of hydrogen-bond acceptors (Lipinski definition) is 4. The zero-order valence-electron chi connectivity index (χ0n) is 12.9. The number of ether oxygens (including phenoxy) is 1. The fourth-order valence-corrected chi connectivity index (χ4v) is 3.40. The summed E-state index contributed by atoms with van der Waals surface area (Å²) in [6.07, 6.45) is 0.605. The van der Waals surface area contributed by atoms with E-state index in [9.17, 15) is 8.78 Å². The van der Waals surface area contributed by atoms with Gasteiger partial charge in [0.1, 0.15) is 17.3 Å². The van der Waals surface area contributed by atoms with Crippen molar-refractivity contribution in [3.05, 3.63) is 57.3 Å². The Kier molecular flexibility index (Phi) is 4.46. The maximum absolute atomic E-state index is 13.6. The van der Waals surface area contributed by atoms with Crippen molar-refractivity contribution >= 4 is 17.0 Å². The predicted molar refractivity (Wildman–Crippen MR) is 85.7 cm³/mol. The van der Waals surface area contributed by atoms with Crippen molar-refractivity contribution < 1.29 is 18.4 Å². The number of oxime groups is 1. The van der Waals surface area contributed by atoms with E-state index in [1.54, 1.807) is 11.3 Å². The molecule has 2 heterocycles. The lowest BCUT2D eigenvalue weighted by Gasteiger charge is -2.21. The third kappa shape index (κ3) is 3.43. The molecular formula is C17H17F2NO2S. The molecule has 0 unspecified atom stereocenters. The average Bonchev–Trinajstić information content (AvgIpc) is 3.09. The van der Waals surface area contributed by atoms with Gasteiger partial charge in [-0.15, -0.1) is 11.3 Å². The van der Waals surface area contributed by atoms with Crippen molar-refractivity contribution in [1.82, 2.24) is 0 Å². The molecule has 0 amide bonds. The van der Waals surface area contributed by atoms with E-state index in [1.807, 2.05) is 25.3 Å². The van der Waals surface area contributed by atoms with Gasteiger partial charge in [0.25, 0.3) is 0 Å². The molecular weight excluding hydrogens is 320 g/mol. The monoisotopic (exact) mass is 337 g/mol. The van der Waals surface area contributed by atoms with Crippen LogP contribution in [-0.2, 0) is 16.2 Å². The highest BCUT2D eigenvalue weighted by atomic mass is 32.1. The first kappa shape index (κ1) is 16.1. The van der Waals surface area contributed by atoms with E-state index >= 15 is 0 Å². The van der Waals surface area contributed by atoms with Crippen LogP contribution >= 0.6 is 11.3 Å². The van der Waals surface area contributed by atoms with Gasteiger partial charge in [-0.2, -0.15) is 0 Å². The Balaban J connectivity index is 1.58. The normalized spacial score (nSPS) is 20.4. The van der Waals surface area contributed by atoms with E-state index in [2.05, 4.69) is 5.16 Å². The molecule has 1 aromatic carbocycles. The first-order chi connectivity index (χ1) is 11.0. The minimum absolute atomic E-state index is 0.0654. The third-order valence-corrected chi connectivity index (χ3v) is 4.82. The summed E-state index contributed by atoms with van der Waals surface area (Å²) >= 11 is 1.62. The number of rotatable bonds is 5. The molecule has 0 aliphatic carbocycles. The number of hydrogen-bond donors (Lipinski definition) is 0. The fraction of sp³-hybridized carbons (Fsp3) is 0.353. The van der Waals surface area contributed by atoms with Gasteiger partial charge in [-0.1, -0.05) is 11.2 Å². The van der Waals surface area contributed by atoms with Gasteiger partial charge in [-0.05, 0) is 43.0 Å². The van der Waals surface area contributed by atoms with Crippen molar-refractivity contribution in [3.63, 3.8) is 0 Å². The molecule has 1 aliphatic heterocycles. The van der Waals surface area contributed by atoms with Gasteiger partial charge in [0.15, 0.2) is 5.60 Å². The number of halogens is 2. The molecule has 2 aromatic rings. The minimum atomic E-state index is -0.618. The van der Waals surface area contributed by atoms with Crippen molar-refractivity contribution in [2.45, 2.75) is 32.5 Å². The van der Waals surface area contributed by atoms with Gasteiger partial charge in [0.05, 0.1) is 18.1 Å². The SMILES string of the molecule is Cc1ccsc1C1=NO[C@@](C)(COCc2c(F)cccc2F)C1. The molecule has 1 atom stereocenters. The number of aryl methyl sites for hydroxylation is 1. The molecule has 0 saturated heterocycles. The highest BCUT2D eigenvalue weighted by Crippen LogP contribution is 2.30. The fourth-order valence-electron chi connectivity index (χ4n) is 2.49. The second-order valence-corrected chi connectivity index (χ2v) is 6.80. The van der Waals surface area contributed by atoms with E-state index in [1.165, 1.54) is 18.2 Å². The lowest BCUT2D eigenvalue weighted by atomic mass is 9.99. The molecule has 3 nitrogen and oxygen atoms in total. The molecule has 1 aromatic heterocycles. The first-order valence-electron chi connectivity index (χ1n) is 7.29. The standard InChI is InChI=1S/C17H17F2NO2S/c1-11-6-7-23-16(11)15-8-17(2,22-20-15)10-21-9-12-13(18)4-3-5-14(12)19/h3-7H,8-10H2,1-2H3/t17-/m1/s1. The lowest BCUT2D eigenvalue weighted by molar-refractivity contribution is -0.0716. The van der Waals surface area contributed by atoms with Crippen LogP contribution in [-0.4, -0.2) is 17.9 Å². The molecule has 6 heteroatoms. The van der Waals surface area contributed by atoms with Crippen molar-refractivity contribution in [3.8, 4) is 0 Å². The summed E-state index contributed by atoms with van der Waals surface area (Å²) < 4.78 is 32.6. The van der Waals surface area contributed by atoms with Crippen molar-refractivity contribution in [2.24, 2.45) is 5.16 Å². The molecule has 1 aliphatic rings. The van der Waals surface area contributed by atoms with Gasteiger partial charge in [0, 0.05) is 12.0 Å². The van der Waals surface area contributed by atoms with Gasteiger partial charge in [-0.25, -0.2) is 8.78 Å². The number of nitrogens with zero attached hydrogens (tertiary/aromatic N) is 1. The zero-order chi connectivity index (χ0) is 16.4. The lowest BCUT2D eigenvalue weighted by Crippen LogP contribution is -2.31. The molecule has 0 fully saturated rings. The quantitative estimate of drug-likeness (QED) is 0.808. The Bertz CT molecular complexity index is 724. The highest BCUT2D eigenvalue weighted by Gasteiger charge is 2.36. The van der Waals surface area contributed by atoms with Crippen LogP contribution in [0.2, 0.25) is 0 Å². The van der Waals surface area contributed by atoms with E-state index in [-0.39, 0.29) is 18.8 Å². The summed E-state index contributed by atoms with van der Waals surface area (Å²) in [7, 11) is 0. The topological polar surface area (TPSA) is 30.8 Å². The van der Waals surface area contributed by atoms with Crippen molar-refractivity contribution in [1.29, 1.82) is 0 Å². The minimum Gasteiger partial charge on any atom is -0.386 e. The van der Waals surface area contributed by atoms with Crippen LogP contribution in [0.25, 0.3) is 0 Å². The molecule has 0 saturated carbocycles. The Morgan fingerprint density at radius 3 is 2.70 bits per heavy atom.